The molecule has 0 fully saturated rings. The van der Waals surface area contributed by atoms with Crippen molar-refractivity contribution in [1.82, 2.24) is 4.90 Å². The Morgan fingerprint density at radius 1 is 1.32 bits per heavy atom. The molecule has 5 nitrogen and oxygen atoms in total. The van der Waals surface area contributed by atoms with Gasteiger partial charge in [-0.1, -0.05) is 32.4 Å². The Labute approximate surface area is 114 Å². The van der Waals surface area contributed by atoms with Gasteiger partial charge in [-0.25, -0.2) is 0 Å². The largest absolute Gasteiger partial charge is 0.329 e. The second-order valence-electron chi connectivity index (χ2n) is 4.58. The van der Waals surface area contributed by atoms with Crippen molar-refractivity contribution in [3.05, 3.63) is 39.9 Å². The molecular weight excluding hydrogens is 242 g/mol. The number of hydrogen-bond donors (Lipinski definition) is 1. The lowest BCUT2D eigenvalue weighted by Crippen LogP contribution is -2.34. The zero-order chi connectivity index (χ0) is 14.3. The molecule has 0 aliphatic rings. The number of nitrogens with zero attached hydrogens (tertiary/aromatic N) is 2. The SMILES string of the molecule is CCCCN(CC)C(CN)c1ccc([N+](=O)[O-])cc1. The van der Waals surface area contributed by atoms with Crippen LogP contribution in [0.1, 0.15) is 38.3 Å². The summed E-state index contributed by atoms with van der Waals surface area (Å²) in [5.41, 5.74) is 7.04. The normalized spacial score (nSPS) is 12.6. The molecule has 1 aromatic carbocycles. The molecule has 1 atom stereocenters. The molecule has 0 bridgehead atoms. The predicted octanol–water partition coefficient (Wildman–Crippen LogP) is 2.72. The van der Waals surface area contributed by atoms with Gasteiger partial charge >= 0.3 is 0 Å². The third kappa shape index (κ3) is 4.29. The highest BCUT2D eigenvalue weighted by molar-refractivity contribution is 5.34. The van der Waals surface area contributed by atoms with E-state index >= 15 is 0 Å². The lowest BCUT2D eigenvalue weighted by molar-refractivity contribution is -0.384. The lowest BCUT2D eigenvalue weighted by atomic mass is 10.0. The first-order valence-electron chi connectivity index (χ1n) is 6.82. The molecule has 1 aromatic rings. The van der Waals surface area contributed by atoms with E-state index in [4.69, 9.17) is 5.73 Å². The zero-order valence-electron chi connectivity index (χ0n) is 11.7. The number of nitro groups is 1. The fourth-order valence-electron chi connectivity index (χ4n) is 2.21. The Kier molecular flexibility index (Phi) is 6.45. The van der Waals surface area contributed by atoms with Gasteiger partial charge in [0, 0.05) is 24.7 Å². The quantitative estimate of drug-likeness (QED) is 0.579. The average Bonchev–Trinajstić information content (AvgIpc) is 2.43. The van der Waals surface area contributed by atoms with Gasteiger partial charge in [0.05, 0.1) is 4.92 Å². The summed E-state index contributed by atoms with van der Waals surface area (Å²) in [4.78, 5) is 12.6. The van der Waals surface area contributed by atoms with Crippen LogP contribution in [0.5, 0.6) is 0 Å². The number of benzene rings is 1. The third-order valence-corrected chi connectivity index (χ3v) is 3.36. The first-order valence-corrected chi connectivity index (χ1v) is 6.82. The summed E-state index contributed by atoms with van der Waals surface area (Å²) in [5.74, 6) is 0. The minimum absolute atomic E-state index is 0.121. The van der Waals surface area contributed by atoms with Gasteiger partial charge in [0.1, 0.15) is 0 Å². The Morgan fingerprint density at radius 3 is 2.37 bits per heavy atom. The van der Waals surface area contributed by atoms with E-state index in [-0.39, 0.29) is 16.7 Å². The van der Waals surface area contributed by atoms with E-state index < -0.39 is 0 Å². The number of nitrogens with two attached hydrogens (primary N) is 1. The first-order chi connectivity index (χ1) is 9.13. The van der Waals surface area contributed by atoms with Crippen molar-refractivity contribution >= 4 is 5.69 Å². The molecule has 0 saturated heterocycles. The highest BCUT2D eigenvalue weighted by Gasteiger charge is 2.18. The number of non-ortho nitro benzene ring substituents is 1. The zero-order valence-corrected chi connectivity index (χ0v) is 11.7. The van der Waals surface area contributed by atoms with Crippen LogP contribution in [0.25, 0.3) is 0 Å². The van der Waals surface area contributed by atoms with Crippen molar-refractivity contribution in [1.29, 1.82) is 0 Å². The number of likely N-dealkylation sites (N-methyl/N-ethyl adjacent to an activating group) is 1. The fourth-order valence-corrected chi connectivity index (χ4v) is 2.21. The molecule has 19 heavy (non-hydrogen) atoms. The molecule has 0 amide bonds. The molecule has 0 aromatic heterocycles. The summed E-state index contributed by atoms with van der Waals surface area (Å²) in [7, 11) is 0. The standard InChI is InChI=1S/C14H23N3O2/c1-3-5-10-16(4-2)14(11-15)12-6-8-13(9-7-12)17(18)19/h6-9,14H,3-5,10-11,15H2,1-2H3. The van der Waals surface area contributed by atoms with Gasteiger partial charge in [-0.05, 0) is 25.1 Å². The third-order valence-electron chi connectivity index (χ3n) is 3.36. The number of hydrogen-bond acceptors (Lipinski definition) is 4. The maximum Gasteiger partial charge on any atom is 0.269 e. The van der Waals surface area contributed by atoms with E-state index in [9.17, 15) is 10.1 Å². The number of nitro benzene ring substituents is 1. The van der Waals surface area contributed by atoms with Crippen molar-refractivity contribution < 1.29 is 4.92 Å². The number of rotatable bonds is 8. The Balaban J connectivity index is 2.85. The van der Waals surface area contributed by atoms with E-state index in [1.54, 1.807) is 12.1 Å². The Bertz CT molecular complexity index is 392. The summed E-state index contributed by atoms with van der Waals surface area (Å²) in [6, 6.07) is 6.85. The van der Waals surface area contributed by atoms with Gasteiger partial charge in [-0.3, -0.25) is 15.0 Å². The van der Waals surface area contributed by atoms with Crippen molar-refractivity contribution in [3.8, 4) is 0 Å². The van der Waals surface area contributed by atoms with Gasteiger partial charge in [-0.2, -0.15) is 0 Å². The summed E-state index contributed by atoms with van der Waals surface area (Å²) in [5, 5.41) is 10.7. The topological polar surface area (TPSA) is 72.4 Å². The molecule has 0 heterocycles. The maximum absolute atomic E-state index is 10.7. The van der Waals surface area contributed by atoms with Crippen molar-refractivity contribution in [2.75, 3.05) is 19.6 Å². The van der Waals surface area contributed by atoms with Gasteiger partial charge in [0.25, 0.3) is 5.69 Å². The van der Waals surface area contributed by atoms with E-state index in [1.165, 1.54) is 0 Å². The summed E-state index contributed by atoms with van der Waals surface area (Å²) < 4.78 is 0. The second kappa shape index (κ2) is 7.86. The molecule has 106 valence electrons. The van der Waals surface area contributed by atoms with E-state index in [0.717, 1.165) is 31.5 Å². The van der Waals surface area contributed by atoms with Crippen molar-refractivity contribution in [3.63, 3.8) is 0 Å². The monoisotopic (exact) mass is 265 g/mol. The molecule has 2 N–H and O–H groups in total. The summed E-state index contributed by atoms with van der Waals surface area (Å²) >= 11 is 0. The summed E-state index contributed by atoms with van der Waals surface area (Å²) in [6.45, 7) is 6.74. The second-order valence-corrected chi connectivity index (χ2v) is 4.58. The van der Waals surface area contributed by atoms with Crippen LogP contribution >= 0.6 is 0 Å². The van der Waals surface area contributed by atoms with E-state index in [2.05, 4.69) is 18.7 Å². The van der Waals surface area contributed by atoms with Crippen molar-refractivity contribution in [2.24, 2.45) is 5.73 Å². The van der Waals surface area contributed by atoms with Crippen LogP contribution in [0, 0.1) is 10.1 Å². The van der Waals surface area contributed by atoms with Crippen LogP contribution in [-0.2, 0) is 0 Å². The molecule has 0 aliphatic carbocycles. The molecule has 1 rings (SSSR count). The van der Waals surface area contributed by atoms with Gasteiger partial charge in [0.15, 0.2) is 0 Å². The Morgan fingerprint density at radius 2 is 1.95 bits per heavy atom. The van der Waals surface area contributed by atoms with Crippen LogP contribution < -0.4 is 5.73 Å². The molecule has 1 unspecified atom stereocenters. The smallest absolute Gasteiger partial charge is 0.269 e. The summed E-state index contributed by atoms with van der Waals surface area (Å²) in [6.07, 6.45) is 2.28. The van der Waals surface area contributed by atoms with Crippen LogP contribution in [0.4, 0.5) is 5.69 Å². The molecule has 5 heteroatoms. The molecule has 0 saturated carbocycles. The van der Waals surface area contributed by atoms with Crippen LogP contribution in [0.3, 0.4) is 0 Å². The number of unbranched alkanes of at least 4 members (excludes halogenated alkanes) is 1. The van der Waals surface area contributed by atoms with Gasteiger partial charge in [0.2, 0.25) is 0 Å². The molecule has 0 aliphatic heterocycles. The fraction of sp³-hybridized carbons (Fsp3) is 0.571. The highest BCUT2D eigenvalue weighted by Crippen LogP contribution is 2.22. The molecule has 0 spiro atoms. The molecule has 0 radical (unpaired) electrons. The first kappa shape index (κ1) is 15.6. The van der Waals surface area contributed by atoms with E-state index in [0.29, 0.717) is 6.54 Å². The Hall–Kier alpha value is -1.46. The van der Waals surface area contributed by atoms with Crippen LogP contribution in [0.15, 0.2) is 24.3 Å². The van der Waals surface area contributed by atoms with Crippen LogP contribution in [0.2, 0.25) is 0 Å². The van der Waals surface area contributed by atoms with Gasteiger partial charge in [-0.15, -0.1) is 0 Å². The lowest BCUT2D eigenvalue weighted by Gasteiger charge is -2.30. The minimum atomic E-state index is -0.379. The average molecular weight is 265 g/mol. The predicted molar refractivity (Wildman–Crippen MR) is 77.0 cm³/mol. The van der Waals surface area contributed by atoms with Crippen LogP contribution in [-0.4, -0.2) is 29.5 Å². The maximum atomic E-state index is 10.7. The van der Waals surface area contributed by atoms with E-state index in [1.807, 2.05) is 12.1 Å². The van der Waals surface area contributed by atoms with Gasteiger partial charge < -0.3 is 5.73 Å². The van der Waals surface area contributed by atoms with Crippen molar-refractivity contribution in [2.45, 2.75) is 32.7 Å². The highest BCUT2D eigenvalue weighted by atomic mass is 16.6. The minimum Gasteiger partial charge on any atom is -0.329 e. The molecular formula is C14H23N3O2.